The predicted octanol–water partition coefficient (Wildman–Crippen LogP) is 3.74. The van der Waals surface area contributed by atoms with Crippen LogP contribution in [0.2, 0.25) is 0 Å². The third-order valence-electron chi connectivity index (χ3n) is 3.39. The van der Waals surface area contributed by atoms with Gasteiger partial charge in [-0.2, -0.15) is 5.26 Å². The van der Waals surface area contributed by atoms with Gasteiger partial charge in [0.05, 0.1) is 5.56 Å². The van der Waals surface area contributed by atoms with Crippen LogP contribution in [0.3, 0.4) is 0 Å². The Hall–Kier alpha value is -1.84. The summed E-state index contributed by atoms with van der Waals surface area (Å²) in [6, 6.07) is 5.76. The maximum absolute atomic E-state index is 10.9. The lowest BCUT2D eigenvalue weighted by molar-refractivity contribution is 0.0702. The van der Waals surface area contributed by atoms with E-state index in [4.69, 9.17) is 5.11 Å². The molecule has 0 atom stereocenters. The van der Waals surface area contributed by atoms with Crippen LogP contribution in [0, 0.1) is 11.3 Å². The van der Waals surface area contributed by atoms with Crippen molar-refractivity contribution in [1.82, 2.24) is 4.98 Å². The molecule has 0 fully saturated rings. The first-order valence-electron chi connectivity index (χ1n) is 6.60. The molecule has 6 heteroatoms. The molecule has 1 aliphatic rings. The lowest BCUT2D eigenvalue weighted by Gasteiger charge is -2.16. The molecule has 0 saturated carbocycles. The lowest BCUT2D eigenvalue weighted by Crippen LogP contribution is -2.07. The summed E-state index contributed by atoms with van der Waals surface area (Å²) >= 11 is 2.55. The molecule has 4 nitrogen and oxygen atoms in total. The fourth-order valence-electron chi connectivity index (χ4n) is 2.37. The number of hydrogen-bond acceptors (Lipinski definition) is 5. The molecular formula is C15H12N2O2S2. The first-order valence-corrected chi connectivity index (χ1v) is 8.29. The van der Waals surface area contributed by atoms with Gasteiger partial charge in [-0.25, -0.2) is 9.78 Å². The van der Waals surface area contributed by atoms with Crippen molar-refractivity contribution in [2.24, 2.45) is 0 Å². The molecule has 21 heavy (non-hydrogen) atoms. The first-order chi connectivity index (χ1) is 10.2. The smallest absolute Gasteiger partial charge is 0.345 e. The zero-order chi connectivity index (χ0) is 14.8. The van der Waals surface area contributed by atoms with Crippen LogP contribution >= 0.6 is 23.1 Å². The van der Waals surface area contributed by atoms with Crippen molar-refractivity contribution < 1.29 is 9.90 Å². The zero-order valence-electron chi connectivity index (χ0n) is 11.1. The van der Waals surface area contributed by atoms with Crippen molar-refractivity contribution in [2.75, 3.05) is 0 Å². The van der Waals surface area contributed by atoms with E-state index in [0.29, 0.717) is 15.5 Å². The van der Waals surface area contributed by atoms with Gasteiger partial charge in [-0.15, -0.1) is 11.3 Å². The first kappa shape index (κ1) is 14.1. The molecule has 0 saturated heterocycles. The van der Waals surface area contributed by atoms with E-state index in [9.17, 15) is 10.1 Å². The Labute approximate surface area is 130 Å². The molecule has 0 radical (unpaired) electrons. The highest BCUT2D eigenvalue weighted by Crippen LogP contribution is 2.34. The van der Waals surface area contributed by atoms with Crippen molar-refractivity contribution in [3.8, 4) is 6.07 Å². The Balaban J connectivity index is 1.93. The van der Waals surface area contributed by atoms with Gasteiger partial charge in [0.2, 0.25) is 0 Å². The van der Waals surface area contributed by atoms with Gasteiger partial charge in [-0.05, 0) is 43.4 Å². The molecular weight excluding hydrogens is 304 g/mol. The Bertz CT molecular complexity index is 747. The SMILES string of the molecule is N#Cc1cc2c(nc1Sc1csc(C(=O)O)c1)CCCC2. The topological polar surface area (TPSA) is 74.0 Å². The Morgan fingerprint density at radius 2 is 2.19 bits per heavy atom. The molecule has 0 unspecified atom stereocenters. The number of hydrogen-bond donors (Lipinski definition) is 1. The standard InChI is InChI=1S/C15H12N2O2S2/c16-7-10-5-9-3-1-2-4-12(9)17-14(10)21-11-6-13(15(18)19)20-8-11/h5-6,8H,1-4H2,(H,18,19). The van der Waals surface area contributed by atoms with E-state index in [2.05, 4.69) is 11.1 Å². The summed E-state index contributed by atoms with van der Waals surface area (Å²) in [4.78, 5) is 16.7. The monoisotopic (exact) mass is 316 g/mol. The quantitative estimate of drug-likeness (QED) is 0.933. The zero-order valence-corrected chi connectivity index (χ0v) is 12.8. The summed E-state index contributed by atoms with van der Waals surface area (Å²) in [5, 5.41) is 20.7. The summed E-state index contributed by atoms with van der Waals surface area (Å²) in [7, 11) is 0. The van der Waals surface area contributed by atoms with Crippen molar-refractivity contribution in [2.45, 2.75) is 35.6 Å². The van der Waals surface area contributed by atoms with E-state index in [0.717, 1.165) is 36.3 Å². The highest BCUT2D eigenvalue weighted by Gasteiger charge is 2.17. The maximum atomic E-state index is 10.9. The van der Waals surface area contributed by atoms with Gasteiger partial charge in [0.25, 0.3) is 0 Å². The van der Waals surface area contributed by atoms with E-state index >= 15 is 0 Å². The average molecular weight is 316 g/mol. The maximum Gasteiger partial charge on any atom is 0.345 e. The van der Waals surface area contributed by atoms with Gasteiger partial charge >= 0.3 is 5.97 Å². The molecule has 0 spiro atoms. The normalized spacial score (nSPS) is 13.5. The van der Waals surface area contributed by atoms with E-state index < -0.39 is 5.97 Å². The molecule has 106 valence electrons. The van der Waals surface area contributed by atoms with Crippen molar-refractivity contribution >= 4 is 29.1 Å². The van der Waals surface area contributed by atoms with Gasteiger partial charge in [0.1, 0.15) is 16.0 Å². The minimum atomic E-state index is -0.925. The minimum Gasteiger partial charge on any atom is -0.477 e. The van der Waals surface area contributed by atoms with E-state index in [1.807, 2.05) is 6.07 Å². The van der Waals surface area contributed by atoms with Crippen molar-refractivity contribution in [1.29, 1.82) is 5.26 Å². The Kier molecular flexibility index (Phi) is 3.95. The minimum absolute atomic E-state index is 0.300. The molecule has 0 bridgehead atoms. The number of carbonyl (C=O) groups is 1. The molecule has 0 aromatic carbocycles. The third kappa shape index (κ3) is 2.94. The third-order valence-corrected chi connectivity index (χ3v) is 5.43. The molecule has 3 rings (SSSR count). The number of pyridine rings is 1. The Morgan fingerprint density at radius 1 is 1.38 bits per heavy atom. The number of carboxylic acids is 1. The van der Waals surface area contributed by atoms with Crippen molar-refractivity contribution in [3.05, 3.63) is 39.2 Å². The molecule has 1 N–H and O–H groups in total. The lowest BCUT2D eigenvalue weighted by atomic mass is 9.95. The highest BCUT2D eigenvalue weighted by atomic mass is 32.2. The van der Waals surface area contributed by atoms with Crippen LogP contribution in [0.5, 0.6) is 0 Å². The van der Waals surface area contributed by atoms with Gasteiger partial charge in [0, 0.05) is 16.0 Å². The van der Waals surface area contributed by atoms with Crippen LogP contribution in [0.1, 0.15) is 39.3 Å². The van der Waals surface area contributed by atoms with Crippen molar-refractivity contribution in [3.63, 3.8) is 0 Å². The summed E-state index contributed by atoms with van der Waals surface area (Å²) < 4.78 is 0. The van der Waals surface area contributed by atoms with Gasteiger partial charge < -0.3 is 5.11 Å². The molecule has 0 amide bonds. The number of aromatic carboxylic acids is 1. The number of nitriles is 1. The van der Waals surface area contributed by atoms with Crippen LogP contribution in [0.4, 0.5) is 0 Å². The fourth-order valence-corrected chi connectivity index (χ4v) is 4.16. The molecule has 2 aromatic rings. The van der Waals surface area contributed by atoms with Crippen LogP contribution in [0.15, 0.2) is 27.4 Å². The Morgan fingerprint density at radius 3 is 2.90 bits per heavy atom. The number of fused-ring (bicyclic) bond motifs is 1. The van der Waals surface area contributed by atoms with Crippen LogP contribution in [0.25, 0.3) is 0 Å². The van der Waals surface area contributed by atoms with Crippen LogP contribution in [-0.4, -0.2) is 16.1 Å². The molecule has 0 aliphatic heterocycles. The number of nitrogens with zero attached hydrogens (tertiary/aromatic N) is 2. The molecule has 2 heterocycles. The fraction of sp³-hybridized carbons (Fsp3) is 0.267. The van der Waals surface area contributed by atoms with E-state index in [-0.39, 0.29) is 0 Å². The summed E-state index contributed by atoms with van der Waals surface area (Å²) in [6.07, 6.45) is 4.23. The predicted molar refractivity (Wildman–Crippen MR) is 81.0 cm³/mol. The number of aromatic nitrogens is 1. The van der Waals surface area contributed by atoms with Gasteiger partial charge in [-0.1, -0.05) is 11.8 Å². The second kappa shape index (κ2) is 5.88. The van der Waals surface area contributed by atoms with Crippen LogP contribution < -0.4 is 0 Å². The number of carboxylic acid groups (broad SMARTS) is 1. The molecule has 1 aliphatic carbocycles. The highest BCUT2D eigenvalue weighted by molar-refractivity contribution is 7.99. The second-order valence-electron chi connectivity index (χ2n) is 4.82. The summed E-state index contributed by atoms with van der Waals surface area (Å²) in [6.45, 7) is 0. The van der Waals surface area contributed by atoms with Gasteiger partial charge in [-0.3, -0.25) is 0 Å². The van der Waals surface area contributed by atoms with E-state index in [1.165, 1.54) is 28.7 Å². The number of rotatable bonds is 3. The average Bonchev–Trinajstić information content (AvgIpc) is 2.95. The summed E-state index contributed by atoms with van der Waals surface area (Å²) in [5.74, 6) is -0.925. The second-order valence-corrected chi connectivity index (χ2v) is 6.79. The largest absolute Gasteiger partial charge is 0.477 e. The number of aryl methyl sites for hydroxylation is 2. The number of thiophene rings is 1. The summed E-state index contributed by atoms with van der Waals surface area (Å²) in [5.41, 5.74) is 2.83. The van der Waals surface area contributed by atoms with Crippen LogP contribution in [-0.2, 0) is 12.8 Å². The molecule has 2 aromatic heterocycles. The van der Waals surface area contributed by atoms with E-state index in [1.54, 1.807) is 11.4 Å². The van der Waals surface area contributed by atoms with Gasteiger partial charge in [0.15, 0.2) is 0 Å².